The lowest BCUT2D eigenvalue weighted by Gasteiger charge is -2.28. The van der Waals surface area contributed by atoms with Crippen LogP contribution in [0, 0.1) is 11.3 Å². The molecule has 0 aliphatic carbocycles. The standard InChI is InChI=1S/C14H25NS/c1-5-14(4,11-15-10-12(2)3)9-13-7-6-8-16-13/h6-8,12,15H,5,9-11H2,1-4H3. The van der Waals surface area contributed by atoms with E-state index in [9.17, 15) is 0 Å². The van der Waals surface area contributed by atoms with Crippen LogP contribution in [0.4, 0.5) is 0 Å². The smallest absolute Gasteiger partial charge is 0.00511 e. The summed E-state index contributed by atoms with van der Waals surface area (Å²) >= 11 is 1.88. The summed E-state index contributed by atoms with van der Waals surface area (Å²) in [6.07, 6.45) is 2.43. The maximum absolute atomic E-state index is 3.59. The fraction of sp³-hybridized carbons (Fsp3) is 0.714. The first-order chi connectivity index (χ1) is 7.56. The van der Waals surface area contributed by atoms with Crippen molar-refractivity contribution in [1.29, 1.82) is 0 Å². The molecule has 1 aromatic heterocycles. The summed E-state index contributed by atoms with van der Waals surface area (Å²) in [6.45, 7) is 11.5. The predicted molar refractivity (Wildman–Crippen MR) is 74.1 cm³/mol. The van der Waals surface area contributed by atoms with E-state index in [1.807, 2.05) is 11.3 Å². The quantitative estimate of drug-likeness (QED) is 0.759. The minimum atomic E-state index is 0.403. The third-order valence-corrected chi connectivity index (χ3v) is 4.02. The molecule has 0 aliphatic heterocycles. The van der Waals surface area contributed by atoms with E-state index in [0.717, 1.165) is 19.0 Å². The van der Waals surface area contributed by atoms with Gasteiger partial charge in [-0.3, -0.25) is 0 Å². The molecule has 0 radical (unpaired) electrons. The van der Waals surface area contributed by atoms with Gasteiger partial charge in [-0.2, -0.15) is 0 Å². The summed E-state index contributed by atoms with van der Waals surface area (Å²) in [5.41, 5.74) is 0.403. The van der Waals surface area contributed by atoms with Gasteiger partial charge in [0.25, 0.3) is 0 Å². The molecule has 0 amide bonds. The Labute approximate surface area is 104 Å². The lowest BCUT2D eigenvalue weighted by molar-refractivity contribution is 0.287. The second-order valence-electron chi connectivity index (χ2n) is 5.45. The van der Waals surface area contributed by atoms with Gasteiger partial charge >= 0.3 is 0 Å². The summed E-state index contributed by atoms with van der Waals surface area (Å²) in [6, 6.07) is 4.40. The van der Waals surface area contributed by atoms with Crippen LogP contribution in [0.25, 0.3) is 0 Å². The Bertz CT molecular complexity index is 279. The summed E-state index contributed by atoms with van der Waals surface area (Å²) in [5.74, 6) is 0.739. The van der Waals surface area contributed by atoms with Crippen LogP contribution in [-0.4, -0.2) is 13.1 Å². The van der Waals surface area contributed by atoms with E-state index in [4.69, 9.17) is 0 Å². The molecule has 1 heterocycles. The molecule has 0 saturated heterocycles. The molecule has 1 aromatic rings. The summed E-state index contributed by atoms with van der Waals surface area (Å²) in [4.78, 5) is 1.51. The van der Waals surface area contributed by atoms with Crippen LogP contribution in [0.15, 0.2) is 17.5 Å². The van der Waals surface area contributed by atoms with E-state index >= 15 is 0 Å². The lowest BCUT2D eigenvalue weighted by Crippen LogP contribution is -2.34. The molecule has 0 bridgehead atoms. The predicted octanol–water partition coefficient (Wildman–Crippen LogP) is 3.95. The Morgan fingerprint density at radius 2 is 2.19 bits per heavy atom. The molecule has 16 heavy (non-hydrogen) atoms. The third-order valence-electron chi connectivity index (χ3n) is 3.14. The number of hydrogen-bond acceptors (Lipinski definition) is 2. The van der Waals surface area contributed by atoms with E-state index < -0.39 is 0 Å². The maximum atomic E-state index is 3.59. The third kappa shape index (κ3) is 4.67. The topological polar surface area (TPSA) is 12.0 Å². The van der Waals surface area contributed by atoms with Gasteiger partial charge in [0, 0.05) is 11.4 Å². The van der Waals surface area contributed by atoms with Crippen molar-refractivity contribution in [3.63, 3.8) is 0 Å². The van der Waals surface area contributed by atoms with Crippen molar-refractivity contribution in [3.05, 3.63) is 22.4 Å². The zero-order valence-corrected chi connectivity index (χ0v) is 11.9. The Kier molecular flexibility index (Phi) is 5.50. The Hall–Kier alpha value is -0.340. The molecule has 0 aliphatic rings. The number of hydrogen-bond donors (Lipinski definition) is 1. The monoisotopic (exact) mass is 239 g/mol. The molecule has 1 atom stereocenters. The van der Waals surface area contributed by atoms with Crippen LogP contribution in [0.5, 0.6) is 0 Å². The fourth-order valence-corrected chi connectivity index (χ4v) is 2.73. The van der Waals surface area contributed by atoms with Crippen molar-refractivity contribution in [2.24, 2.45) is 11.3 Å². The zero-order chi connectivity index (χ0) is 12.0. The van der Waals surface area contributed by atoms with E-state index in [-0.39, 0.29) is 0 Å². The second-order valence-corrected chi connectivity index (χ2v) is 6.48. The van der Waals surface area contributed by atoms with Crippen LogP contribution < -0.4 is 5.32 Å². The van der Waals surface area contributed by atoms with Crippen molar-refractivity contribution in [2.75, 3.05) is 13.1 Å². The molecule has 0 saturated carbocycles. The van der Waals surface area contributed by atoms with Crippen LogP contribution in [0.1, 0.15) is 39.0 Å². The van der Waals surface area contributed by atoms with Crippen molar-refractivity contribution in [1.82, 2.24) is 5.32 Å². The SMILES string of the molecule is CCC(C)(CNCC(C)C)Cc1cccs1. The summed E-state index contributed by atoms with van der Waals surface area (Å²) in [5, 5.41) is 5.77. The average Bonchev–Trinajstić information content (AvgIpc) is 2.69. The Morgan fingerprint density at radius 3 is 2.69 bits per heavy atom. The highest BCUT2D eigenvalue weighted by atomic mass is 32.1. The molecule has 0 aromatic carbocycles. The second kappa shape index (κ2) is 6.41. The van der Waals surface area contributed by atoms with Crippen LogP contribution in [0.3, 0.4) is 0 Å². The molecule has 1 nitrogen and oxygen atoms in total. The van der Waals surface area contributed by atoms with Crippen molar-refractivity contribution in [3.8, 4) is 0 Å². The van der Waals surface area contributed by atoms with Crippen LogP contribution >= 0.6 is 11.3 Å². The number of nitrogens with one attached hydrogen (secondary N) is 1. The molecule has 1 rings (SSSR count). The van der Waals surface area contributed by atoms with Crippen molar-refractivity contribution in [2.45, 2.75) is 40.5 Å². The first-order valence-electron chi connectivity index (χ1n) is 6.29. The zero-order valence-electron chi connectivity index (χ0n) is 11.0. The van der Waals surface area contributed by atoms with E-state index in [0.29, 0.717) is 5.41 Å². The molecule has 1 unspecified atom stereocenters. The Morgan fingerprint density at radius 1 is 1.44 bits per heavy atom. The first-order valence-corrected chi connectivity index (χ1v) is 7.17. The first kappa shape index (κ1) is 13.7. The summed E-state index contributed by atoms with van der Waals surface area (Å²) < 4.78 is 0. The minimum absolute atomic E-state index is 0.403. The minimum Gasteiger partial charge on any atom is -0.316 e. The molecular weight excluding hydrogens is 214 g/mol. The number of rotatable bonds is 7. The van der Waals surface area contributed by atoms with Crippen LogP contribution in [0.2, 0.25) is 0 Å². The van der Waals surface area contributed by atoms with Gasteiger partial charge in [0.1, 0.15) is 0 Å². The maximum Gasteiger partial charge on any atom is 0.00511 e. The molecule has 2 heteroatoms. The highest BCUT2D eigenvalue weighted by molar-refractivity contribution is 7.09. The van der Waals surface area contributed by atoms with Gasteiger partial charge in [-0.05, 0) is 42.2 Å². The Balaban J connectivity index is 2.43. The van der Waals surface area contributed by atoms with Gasteiger partial charge in [0.2, 0.25) is 0 Å². The average molecular weight is 239 g/mol. The van der Waals surface area contributed by atoms with Gasteiger partial charge in [-0.15, -0.1) is 11.3 Å². The molecular formula is C14H25NS. The van der Waals surface area contributed by atoms with Gasteiger partial charge in [0.05, 0.1) is 0 Å². The molecule has 0 spiro atoms. The molecule has 0 fully saturated rings. The van der Waals surface area contributed by atoms with Crippen molar-refractivity contribution < 1.29 is 0 Å². The van der Waals surface area contributed by atoms with E-state index in [1.54, 1.807) is 0 Å². The highest BCUT2D eigenvalue weighted by Crippen LogP contribution is 2.27. The highest BCUT2D eigenvalue weighted by Gasteiger charge is 2.22. The van der Waals surface area contributed by atoms with Gasteiger partial charge in [-0.25, -0.2) is 0 Å². The van der Waals surface area contributed by atoms with Gasteiger partial charge in [0.15, 0.2) is 0 Å². The largest absolute Gasteiger partial charge is 0.316 e. The lowest BCUT2D eigenvalue weighted by atomic mass is 9.83. The van der Waals surface area contributed by atoms with Gasteiger partial charge in [-0.1, -0.05) is 33.8 Å². The van der Waals surface area contributed by atoms with Crippen molar-refractivity contribution >= 4 is 11.3 Å². The number of thiophene rings is 1. The molecule has 92 valence electrons. The van der Waals surface area contributed by atoms with E-state index in [2.05, 4.69) is 50.5 Å². The molecule has 1 N–H and O–H groups in total. The van der Waals surface area contributed by atoms with E-state index in [1.165, 1.54) is 17.7 Å². The van der Waals surface area contributed by atoms with Crippen LogP contribution in [-0.2, 0) is 6.42 Å². The normalized spacial score (nSPS) is 15.3. The van der Waals surface area contributed by atoms with Gasteiger partial charge < -0.3 is 5.32 Å². The summed E-state index contributed by atoms with van der Waals surface area (Å²) in [7, 11) is 0. The fourth-order valence-electron chi connectivity index (χ4n) is 1.81.